The second kappa shape index (κ2) is 10.8. The average Bonchev–Trinajstić information content (AvgIpc) is 3.34. The van der Waals surface area contributed by atoms with Crippen molar-refractivity contribution in [1.29, 1.82) is 0 Å². The third-order valence-electron chi connectivity index (χ3n) is 5.17. The van der Waals surface area contributed by atoms with E-state index in [1.807, 2.05) is 30.3 Å². The molecule has 4 rings (SSSR count). The maximum absolute atomic E-state index is 13.1. The number of rotatable bonds is 8. The summed E-state index contributed by atoms with van der Waals surface area (Å²) < 4.78 is 12.3. The summed E-state index contributed by atoms with van der Waals surface area (Å²) in [6.07, 6.45) is 1.63. The summed E-state index contributed by atoms with van der Waals surface area (Å²) in [4.78, 5) is 25.5. The number of carbonyl (C=O) groups is 2. The SMILES string of the molecule is COc1ccc(-c2nn(-c3ccccc3)cc2C(=O)NCC(=O)Nc2ccc(Cl)cc2)cc1OC. The molecule has 0 fully saturated rings. The number of anilines is 1. The fourth-order valence-electron chi connectivity index (χ4n) is 3.44. The monoisotopic (exact) mass is 490 g/mol. The topological polar surface area (TPSA) is 94.5 Å². The van der Waals surface area contributed by atoms with E-state index in [2.05, 4.69) is 15.7 Å². The number of aromatic nitrogens is 2. The standard InChI is InChI=1S/C26H23ClN4O4/c1-34-22-13-8-17(14-23(22)35-2)25-21(16-31(30-25)20-6-4-3-5-7-20)26(33)28-15-24(32)29-19-11-9-18(27)10-12-19/h3-14,16H,15H2,1-2H3,(H,28,33)(H,29,32). The maximum atomic E-state index is 13.1. The molecule has 0 aliphatic rings. The summed E-state index contributed by atoms with van der Waals surface area (Å²) in [5.41, 5.74) is 2.77. The Kier molecular flexibility index (Phi) is 7.32. The number of halogens is 1. The second-order valence-electron chi connectivity index (χ2n) is 7.48. The summed E-state index contributed by atoms with van der Waals surface area (Å²) in [7, 11) is 3.09. The zero-order valence-corrected chi connectivity index (χ0v) is 19.9. The number of hydrogen-bond acceptors (Lipinski definition) is 5. The van der Waals surface area contributed by atoms with Crippen LogP contribution in [-0.4, -0.2) is 42.4 Å². The van der Waals surface area contributed by atoms with Gasteiger partial charge >= 0.3 is 0 Å². The van der Waals surface area contributed by atoms with Gasteiger partial charge in [-0.05, 0) is 54.6 Å². The Labute approximate surface area is 207 Å². The van der Waals surface area contributed by atoms with Crippen LogP contribution in [0.2, 0.25) is 5.02 Å². The maximum Gasteiger partial charge on any atom is 0.255 e. The van der Waals surface area contributed by atoms with Crippen molar-refractivity contribution in [2.75, 3.05) is 26.1 Å². The molecular formula is C26H23ClN4O4. The predicted octanol–water partition coefficient (Wildman–Crippen LogP) is 4.58. The smallest absolute Gasteiger partial charge is 0.255 e. The van der Waals surface area contributed by atoms with Gasteiger partial charge in [0, 0.05) is 22.5 Å². The van der Waals surface area contributed by atoms with Gasteiger partial charge in [0.15, 0.2) is 11.5 Å². The van der Waals surface area contributed by atoms with Gasteiger partial charge in [-0.3, -0.25) is 9.59 Å². The molecule has 0 radical (unpaired) electrons. The van der Waals surface area contributed by atoms with Crippen LogP contribution in [0.1, 0.15) is 10.4 Å². The normalized spacial score (nSPS) is 10.5. The van der Waals surface area contributed by atoms with Gasteiger partial charge in [-0.25, -0.2) is 4.68 Å². The predicted molar refractivity (Wildman–Crippen MR) is 135 cm³/mol. The molecule has 9 heteroatoms. The van der Waals surface area contributed by atoms with E-state index in [0.29, 0.717) is 39.0 Å². The van der Waals surface area contributed by atoms with Crippen molar-refractivity contribution in [3.8, 4) is 28.4 Å². The highest BCUT2D eigenvalue weighted by Gasteiger charge is 2.20. The van der Waals surface area contributed by atoms with Crippen molar-refractivity contribution in [2.24, 2.45) is 0 Å². The molecule has 0 unspecified atom stereocenters. The van der Waals surface area contributed by atoms with Crippen LogP contribution in [-0.2, 0) is 4.79 Å². The van der Waals surface area contributed by atoms with Crippen molar-refractivity contribution in [2.45, 2.75) is 0 Å². The summed E-state index contributed by atoms with van der Waals surface area (Å²) in [6.45, 7) is -0.219. The van der Waals surface area contributed by atoms with E-state index in [9.17, 15) is 9.59 Å². The van der Waals surface area contributed by atoms with Gasteiger partial charge in [-0.15, -0.1) is 0 Å². The first-order chi connectivity index (χ1) is 17.0. The first-order valence-electron chi connectivity index (χ1n) is 10.7. The van der Waals surface area contributed by atoms with Crippen LogP contribution in [0.25, 0.3) is 16.9 Å². The largest absolute Gasteiger partial charge is 0.493 e. The van der Waals surface area contributed by atoms with Crippen molar-refractivity contribution >= 4 is 29.1 Å². The minimum absolute atomic E-state index is 0.219. The quantitative estimate of drug-likeness (QED) is 0.377. The van der Waals surface area contributed by atoms with E-state index >= 15 is 0 Å². The van der Waals surface area contributed by atoms with E-state index in [0.717, 1.165) is 5.69 Å². The van der Waals surface area contributed by atoms with Gasteiger partial charge in [-0.2, -0.15) is 5.10 Å². The summed E-state index contributed by atoms with van der Waals surface area (Å²) >= 11 is 5.87. The van der Waals surface area contributed by atoms with E-state index in [-0.39, 0.29) is 12.5 Å². The molecule has 0 spiro atoms. The Morgan fingerprint density at radius 2 is 1.66 bits per heavy atom. The van der Waals surface area contributed by atoms with Crippen molar-refractivity contribution in [3.05, 3.63) is 89.6 Å². The molecule has 0 saturated carbocycles. The van der Waals surface area contributed by atoms with Gasteiger partial charge in [0.2, 0.25) is 5.91 Å². The molecule has 0 aliphatic heterocycles. The molecule has 178 valence electrons. The molecule has 0 saturated heterocycles. The highest BCUT2D eigenvalue weighted by atomic mass is 35.5. The van der Waals surface area contributed by atoms with Crippen molar-refractivity contribution in [1.82, 2.24) is 15.1 Å². The molecular weight excluding hydrogens is 468 g/mol. The zero-order valence-electron chi connectivity index (χ0n) is 19.1. The fourth-order valence-corrected chi connectivity index (χ4v) is 3.57. The third kappa shape index (κ3) is 5.62. The van der Waals surface area contributed by atoms with Crippen LogP contribution < -0.4 is 20.1 Å². The van der Waals surface area contributed by atoms with Crippen LogP contribution in [0.3, 0.4) is 0 Å². The van der Waals surface area contributed by atoms with Crippen LogP contribution in [0.5, 0.6) is 11.5 Å². The van der Waals surface area contributed by atoms with Gasteiger partial charge in [-0.1, -0.05) is 29.8 Å². The first-order valence-corrected chi connectivity index (χ1v) is 11.1. The summed E-state index contributed by atoms with van der Waals surface area (Å²) in [6, 6.07) is 21.4. The molecule has 0 bridgehead atoms. The number of ether oxygens (including phenoxy) is 2. The Balaban J connectivity index is 1.60. The molecule has 3 aromatic carbocycles. The van der Waals surface area contributed by atoms with Crippen molar-refractivity contribution < 1.29 is 19.1 Å². The molecule has 4 aromatic rings. The molecule has 2 N–H and O–H groups in total. The fraction of sp³-hybridized carbons (Fsp3) is 0.115. The third-order valence-corrected chi connectivity index (χ3v) is 5.43. The van der Waals surface area contributed by atoms with Crippen LogP contribution in [0, 0.1) is 0 Å². The minimum Gasteiger partial charge on any atom is -0.493 e. The number of methoxy groups -OCH3 is 2. The molecule has 0 aliphatic carbocycles. The molecule has 1 heterocycles. The number of nitrogens with one attached hydrogen (secondary N) is 2. The van der Waals surface area contributed by atoms with E-state index in [4.69, 9.17) is 21.1 Å². The number of carbonyl (C=O) groups excluding carboxylic acids is 2. The van der Waals surface area contributed by atoms with E-state index in [1.54, 1.807) is 60.5 Å². The average molecular weight is 491 g/mol. The lowest BCUT2D eigenvalue weighted by atomic mass is 10.1. The molecule has 1 aromatic heterocycles. The number of nitrogens with zero attached hydrogens (tertiary/aromatic N) is 2. The van der Waals surface area contributed by atoms with Crippen LogP contribution >= 0.6 is 11.6 Å². The number of para-hydroxylation sites is 1. The Bertz CT molecular complexity index is 1340. The first kappa shape index (κ1) is 23.8. The van der Waals surface area contributed by atoms with Crippen molar-refractivity contribution in [3.63, 3.8) is 0 Å². The molecule has 8 nitrogen and oxygen atoms in total. The lowest BCUT2D eigenvalue weighted by Gasteiger charge is -2.10. The Hall–Kier alpha value is -4.30. The molecule has 35 heavy (non-hydrogen) atoms. The molecule has 0 atom stereocenters. The van der Waals surface area contributed by atoms with Gasteiger partial charge < -0.3 is 20.1 Å². The number of amides is 2. The van der Waals surface area contributed by atoms with Crippen LogP contribution in [0.15, 0.2) is 79.0 Å². The second-order valence-corrected chi connectivity index (χ2v) is 7.92. The highest BCUT2D eigenvalue weighted by molar-refractivity contribution is 6.30. The van der Waals surface area contributed by atoms with Gasteiger partial charge in [0.05, 0.1) is 32.0 Å². The lowest BCUT2D eigenvalue weighted by Crippen LogP contribution is -2.32. The number of benzene rings is 3. The molecule has 2 amide bonds. The Morgan fingerprint density at radius 1 is 0.943 bits per heavy atom. The van der Waals surface area contributed by atoms with E-state index < -0.39 is 5.91 Å². The Morgan fingerprint density at radius 3 is 2.34 bits per heavy atom. The lowest BCUT2D eigenvalue weighted by molar-refractivity contribution is -0.115. The van der Waals surface area contributed by atoms with E-state index in [1.165, 1.54) is 7.11 Å². The summed E-state index contributed by atoms with van der Waals surface area (Å²) in [5, 5.41) is 10.6. The summed E-state index contributed by atoms with van der Waals surface area (Å²) in [5.74, 6) is 0.253. The van der Waals surface area contributed by atoms with Crippen LogP contribution in [0.4, 0.5) is 5.69 Å². The highest BCUT2D eigenvalue weighted by Crippen LogP contribution is 2.33. The minimum atomic E-state index is -0.441. The zero-order chi connectivity index (χ0) is 24.8. The number of hydrogen-bond donors (Lipinski definition) is 2. The van der Waals surface area contributed by atoms with Gasteiger partial charge in [0.1, 0.15) is 5.69 Å². The van der Waals surface area contributed by atoms with Gasteiger partial charge in [0.25, 0.3) is 5.91 Å².